The molecule has 0 radical (unpaired) electrons. The van der Waals surface area contributed by atoms with Gasteiger partial charge in [0, 0.05) is 6.54 Å². The van der Waals surface area contributed by atoms with Gasteiger partial charge in [-0.2, -0.15) is 0 Å². The van der Waals surface area contributed by atoms with Crippen molar-refractivity contribution in [3.63, 3.8) is 0 Å². The molecule has 2 amide bonds. The fourth-order valence-electron chi connectivity index (χ4n) is 1.77. The van der Waals surface area contributed by atoms with Gasteiger partial charge in [0.25, 0.3) is 0 Å². The second-order valence-corrected chi connectivity index (χ2v) is 4.64. The lowest BCUT2D eigenvalue weighted by Gasteiger charge is -2.41. The second-order valence-electron chi connectivity index (χ2n) is 4.64. The van der Waals surface area contributed by atoms with E-state index in [2.05, 4.69) is 12.2 Å². The van der Waals surface area contributed by atoms with Crippen LogP contribution in [0.25, 0.3) is 0 Å². The van der Waals surface area contributed by atoms with Crippen LogP contribution in [0.4, 0.5) is 0 Å². The molecule has 0 saturated carbocycles. The average Bonchev–Trinajstić information content (AvgIpc) is 2.15. The molecule has 0 aromatic heterocycles. The van der Waals surface area contributed by atoms with Crippen LogP contribution in [0.5, 0.6) is 0 Å². The van der Waals surface area contributed by atoms with Crippen molar-refractivity contribution in [2.75, 3.05) is 6.54 Å². The molecule has 0 spiro atoms. The summed E-state index contributed by atoms with van der Waals surface area (Å²) in [6.45, 7) is 8.02. The Balaban J connectivity index is 2.81. The summed E-state index contributed by atoms with van der Waals surface area (Å²) >= 11 is 0. The van der Waals surface area contributed by atoms with Crippen LogP contribution in [0.15, 0.2) is 0 Å². The zero-order valence-corrected chi connectivity index (χ0v) is 9.96. The third-order valence-electron chi connectivity index (χ3n) is 2.83. The van der Waals surface area contributed by atoms with Crippen molar-refractivity contribution in [3.05, 3.63) is 0 Å². The Bertz CT molecular complexity index is 274. The number of nitrogens with one attached hydrogen (secondary N) is 1. The molecule has 86 valence electrons. The maximum absolute atomic E-state index is 12.0. The van der Waals surface area contributed by atoms with Crippen LogP contribution in [0.2, 0.25) is 0 Å². The van der Waals surface area contributed by atoms with E-state index in [1.165, 1.54) is 0 Å². The maximum atomic E-state index is 12.0. The third-order valence-corrected chi connectivity index (χ3v) is 2.83. The van der Waals surface area contributed by atoms with E-state index >= 15 is 0 Å². The van der Waals surface area contributed by atoms with Crippen molar-refractivity contribution < 1.29 is 9.59 Å². The molecule has 0 aromatic carbocycles. The molecule has 1 N–H and O–H groups in total. The summed E-state index contributed by atoms with van der Waals surface area (Å²) < 4.78 is 0. The molecule has 0 aliphatic carbocycles. The lowest BCUT2D eigenvalue weighted by molar-refractivity contribution is -0.152. The van der Waals surface area contributed by atoms with Crippen molar-refractivity contribution >= 4 is 11.8 Å². The monoisotopic (exact) mass is 212 g/mol. The van der Waals surface area contributed by atoms with Crippen LogP contribution in [0, 0.1) is 0 Å². The molecule has 1 atom stereocenters. The van der Waals surface area contributed by atoms with Crippen LogP contribution in [0.3, 0.4) is 0 Å². The van der Waals surface area contributed by atoms with E-state index in [0.29, 0.717) is 6.54 Å². The van der Waals surface area contributed by atoms with Gasteiger partial charge < -0.3 is 10.2 Å². The highest BCUT2D eigenvalue weighted by Gasteiger charge is 2.42. The zero-order chi connectivity index (χ0) is 11.6. The van der Waals surface area contributed by atoms with E-state index in [-0.39, 0.29) is 17.9 Å². The van der Waals surface area contributed by atoms with Gasteiger partial charge in [0.05, 0.1) is 0 Å². The summed E-state index contributed by atoms with van der Waals surface area (Å²) in [7, 11) is 0. The smallest absolute Gasteiger partial charge is 0.248 e. The number of hydrogen-bond donors (Lipinski definition) is 1. The topological polar surface area (TPSA) is 49.4 Å². The summed E-state index contributed by atoms with van der Waals surface area (Å²) in [6.07, 6.45) is 1.97. The predicted molar refractivity (Wildman–Crippen MR) is 58.3 cm³/mol. The molecule has 0 bridgehead atoms. The Labute approximate surface area is 91.0 Å². The minimum Gasteiger partial charge on any atom is -0.340 e. The normalized spacial score (nSPS) is 25.3. The van der Waals surface area contributed by atoms with Gasteiger partial charge in [0.15, 0.2) is 0 Å². The Kier molecular flexibility index (Phi) is 3.37. The van der Waals surface area contributed by atoms with E-state index in [1.807, 2.05) is 0 Å². The molecule has 4 nitrogen and oxygen atoms in total. The second kappa shape index (κ2) is 4.21. The van der Waals surface area contributed by atoms with Gasteiger partial charge in [0.2, 0.25) is 11.8 Å². The Hall–Kier alpha value is -1.06. The fraction of sp³-hybridized carbons (Fsp3) is 0.818. The average molecular weight is 212 g/mol. The van der Waals surface area contributed by atoms with Gasteiger partial charge in [-0.25, -0.2) is 0 Å². The number of carbonyl (C=O) groups excluding carboxylic acids is 2. The minimum absolute atomic E-state index is 0.0167. The number of amides is 2. The number of piperazine rings is 1. The first-order valence-electron chi connectivity index (χ1n) is 5.53. The molecular weight excluding hydrogens is 192 g/mol. The highest BCUT2D eigenvalue weighted by molar-refractivity contribution is 5.99. The molecule has 4 heteroatoms. The molecule has 1 aliphatic heterocycles. The molecule has 1 unspecified atom stereocenters. The number of unbranched alkanes of at least 4 members (excludes halogenated alkanes) is 1. The molecule has 1 saturated heterocycles. The highest BCUT2D eigenvalue weighted by atomic mass is 16.2. The summed E-state index contributed by atoms with van der Waals surface area (Å²) in [5.74, 6) is -0.0428. The Morgan fingerprint density at radius 1 is 1.40 bits per heavy atom. The molecule has 1 aliphatic rings. The summed E-state index contributed by atoms with van der Waals surface area (Å²) in [6, 6.07) is -0.336. The van der Waals surface area contributed by atoms with Gasteiger partial charge in [-0.15, -0.1) is 0 Å². The van der Waals surface area contributed by atoms with Crippen LogP contribution in [-0.4, -0.2) is 34.8 Å². The van der Waals surface area contributed by atoms with Gasteiger partial charge in [-0.05, 0) is 27.2 Å². The number of rotatable bonds is 3. The Morgan fingerprint density at radius 3 is 2.53 bits per heavy atom. The van der Waals surface area contributed by atoms with Gasteiger partial charge >= 0.3 is 0 Å². The molecular formula is C11H20N2O2. The van der Waals surface area contributed by atoms with Crippen molar-refractivity contribution in [1.29, 1.82) is 0 Å². The van der Waals surface area contributed by atoms with Crippen LogP contribution in [-0.2, 0) is 9.59 Å². The van der Waals surface area contributed by atoms with E-state index in [0.717, 1.165) is 12.8 Å². The van der Waals surface area contributed by atoms with E-state index < -0.39 is 5.54 Å². The van der Waals surface area contributed by atoms with Crippen LogP contribution < -0.4 is 5.32 Å². The molecule has 1 rings (SSSR count). The van der Waals surface area contributed by atoms with E-state index in [4.69, 9.17) is 0 Å². The molecule has 1 fully saturated rings. The fourth-order valence-corrected chi connectivity index (χ4v) is 1.77. The standard InChI is InChI=1S/C11H20N2O2/c1-5-6-7-13-8(2)9(14)12-11(3,4)10(13)15/h8H,5-7H2,1-4H3,(H,12,14). The minimum atomic E-state index is -0.753. The number of carbonyl (C=O) groups is 2. The number of hydrogen-bond acceptors (Lipinski definition) is 2. The van der Waals surface area contributed by atoms with E-state index in [1.54, 1.807) is 25.7 Å². The predicted octanol–water partition coefficient (Wildman–Crippen LogP) is 0.912. The lowest BCUT2D eigenvalue weighted by atomic mass is 9.97. The quantitative estimate of drug-likeness (QED) is 0.756. The van der Waals surface area contributed by atoms with Crippen molar-refractivity contribution in [2.24, 2.45) is 0 Å². The van der Waals surface area contributed by atoms with Crippen molar-refractivity contribution in [1.82, 2.24) is 10.2 Å². The summed E-state index contributed by atoms with van der Waals surface area (Å²) in [5.41, 5.74) is -0.753. The van der Waals surface area contributed by atoms with E-state index in [9.17, 15) is 9.59 Å². The van der Waals surface area contributed by atoms with Gasteiger partial charge in [-0.3, -0.25) is 9.59 Å². The van der Waals surface area contributed by atoms with Crippen LogP contribution in [0.1, 0.15) is 40.5 Å². The SMILES string of the molecule is CCCCN1C(=O)C(C)(C)NC(=O)C1C. The lowest BCUT2D eigenvalue weighted by Crippen LogP contribution is -2.67. The first kappa shape index (κ1) is 12.0. The summed E-state index contributed by atoms with van der Waals surface area (Å²) in [5, 5.41) is 2.73. The maximum Gasteiger partial charge on any atom is 0.248 e. The zero-order valence-electron chi connectivity index (χ0n) is 9.96. The largest absolute Gasteiger partial charge is 0.340 e. The third kappa shape index (κ3) is 2.30. The molecule has 1 heterocycles. The van der Waals surface area contributed by atoms with Crippen molar-refractivity contribution in [3.8, 4) is 0 Å². The van der Waals surface area contributed by atoms with Crippen molar-refractivity contribution in [2.45, 2.75) is 52.1 Å². The first-order valence-corrected chi connectivity index (χ1v) is 5.53. The number of nitrogens with zero attached hydrogens (tertiary/aromatic N) is 1. The van der Waals surface area contributed by atoms with Gasteiger partial charge in [-0.1, -0.05) is 13.3 Å². The summed E-state index contributed by atoms with van der Waals surface area (Å²) in [4.78, 5) is 25.3. The first-order chi connectivity index (χ1) is 6.90. The molecule has 15 heavy (non-hydrogen) atoms. The highest BCUT2D eigenvalue weighted by Crippen LogP contribution is 2.18. The van der Waals surface area contributed by atoms with Gasteiger partial charge in [0.1, 0.15) is 11.6 Å². The van der Waals surface area contributed by atoms with Crippen LogP contribution >= 0.6 is 0 Å². The molecule has 0 aromatic rings. The Morgan fingerprint density at radius 2 is 2.00 bits per heavy atom.